The molecule has 4 nitrogen and oxygen atoms in total. The molecular weight excluding hydrogens is 341 g/mol. The zero-order valence-corrected chi connectivity index (χ0v) is 14.4. The van der Waals surface area contributed by atoms with Gasteiger partial charge in [0.1, 0.15) is 23.6 Å². The average molecular weight is 356 g/mol. The minimum Gasteiger partial charge on any atom is -0.378 e. The molecule has 0 saturated heterocycles. The van der Waals surface area contributed by atoms with Gasteiger partial charge in [0.25, 0.3) is 0 Å². The van der Waals surface area contributed by atoms with E-state index in [0.29, 0.717) is 11.5 Å². The van der Waals surface area contributed by atoms with Crippen LogP contribution >= 0.6 is 11.6 Å². The summed E-state index contributed by atoms with van der Waals surface area (Å²) < 4.78 is 13.3. The average Bonchev–Trinajstić information content (AvgIpc) is 2.56. The first-order valence-corrected chi connectivity index (χ1v) is 7.92. The van der Waals surface area contributed by atoms with Gasteiger partial charge in [-0.05, 0) is 50.2 Å². The second-order valence-electron chi connectivity index (χ2n) is 6.02. The Kier molecular flexibility index (Phi) is 4.58. The highest BCUT2D eigenvalue weighted by molar-refractivity contribution is 6.31. The summed E-state index contributed by atoms with van der Waals surface area (Å²) in [5.74, 6) is 5.77. The molecule has 0 saturated carbocycles. The van der Waals surface area contributed by atoms with Crippen LogP contribution < -0.4 is 5.32 Å². The molecule has 3 aromatic rings. The smallest absolute Gasteiger partial charge is 0.141 e. The molecule has 2 aromatic carbocycles. The minimum absolute atomic E-state index is 0.0279. The topological polar surface area (TPSA) is 58.0 Å². The lowest BCUT2D eigenvalue weighted by Crippen LogP contribution is -2.14. The number of aromatic nitrogens is 2. The van der Waals surface area contributed by atoms with Crippen molar-refractivity contribution in [3.05, 3.63) is 59.1 Å². The van der Waals surface area contributed by atoms with Gasteiger partial charge in [-0.1, -0.05) is 23.4 Å². The molecule has 2 N–H and O–H groups in total. The number of hydrogen-bond donors (Lipinski definition) is 2. The summed E-state index contributed by atoms with van der Waals surface area (Å²) in [6.07, 6.45) is 1.44. The van der Waals surface area contributed by atoms with Crippen molar-refractivity contribution >= 4 is 34.0 Å². The Balaban J connectivity index is 2.02. The third-order valence-electron chi connectivity index (χ3n) is 3.33. The van der Waals surface area contributed by atoms with Crippen LogP contribution in [0.15, 0.2) is 42.7 Å². The number of hydrogen-bond acceptors (Lipinski definition) is 4. The van der Waals surface area contributed by atoms with Crippen LogP contribution in [0.25, 0.3) is 10.9 Å². The van der Waals surface area contributed by atoms with Crippen molar-refractivity contribution in [1.82, 2.24) is 9.97 Å². The van der Waals surface area contributed by atoms with Crippen LogP contribution in [0.3, 0.4) is 0 Å². The van der Waals surface area contributed by atoms with Gasteiger partial charge >= 0.3 is 0 Å². The fourth-order valence-corrected chi connectivity index (χ4v) is 2.35. The van der Waals surface area contributed by atoms with Crippen molar-refractivity contribution in [3.8, 4) is 11.8 Å². The molecule has 1 aromatic heterocycles. The first-order chi connectivity index (χ1) is 11.8. The highest BCUT2D eigenvalue weighted by Gasteiger charge is 2.08. The van der Waals surface area contributed by atoms with Crippen LogP contribution in [-0.2, 0) is 0 Å². The van der Waals surface area contributed by atoms with Crippen molar-refractivity contribution in [3.63, 3.8) is 0 Å². The molecule has 126 valence electrons. The number of anilines is 2. The van der Waals surface area contributed by atoms with E-state index < -0.39 is 11.4 Å². The third-order valence-corrected chi connectivity index (χ3v) is 3.62. The number of nitrogens with one attached hydrogen (secondary N) is 1. The van der Waals surface area contributed by atoms with Crippen molar-refractivity contribution in [2.45, 2.75) is 19.4 Å². The molecule has 1 heterocycles. The summed E-state index contributed by atoms with van der Waals surface area (Å²) >= 11 is 5.82. The fourth-order valence-electron chi connectivity index (χ4n) is 2.17. The molecule has 6 heteroatoms. The van der Waals surface area contributed by atoms with Crippen LogP contribution in [0.4, 0.5) is 15.9 Å². The summed E-state index contributed by atoms with van der Waals surface area (Å²) in [4.78, 5) is 8.48. The Morgan fingerprint density at radius 1 is 1.16 bits per heavy atom. The number of aliphatic hydroxyl groups is 1. The summed E-state index contributed by atoms with van der Waals surface area (Å²) in [6.45, 7) is 3.24. The number of halogens is 2. The van der Waals surface area contributed by atoms with Gasteiger partial charge in [-0.25, -0.2) is 14.4 Å². The molecule has 0 fully saturated rings. The molecule has 0 amide bonds. The molecular formula is C19H15ClFN3O. The van der Waals surface area contributed by atoms with E-state index in [-0.39, 0.29) is 5.02 Å². The van der Waals surface area contributed by atoms with Gasteiger partial charge < -0.3 is 10.4 Å². The maximum atomic E-state index is 13.3. The molecule has 0 spiro atoms. The zero-order valence-electron chi connectivity index (χ0n) is 13.6. The standard InChI is InChI=1S/C19H15ClFN3O/c1-19(2,25)8-7-12-3-6-17-14(9-12)18(23-11-22-17)24-13-4-5-16(21)15(20)10-13/h3-6,9-11,25H,1-2H3,(H,22,23,24). The Hall–Kier alpha value is -2.68. The van der Waals surface area contributed by atoms with Gasteiger partial charge in [0.05, 0.1) is 10.5 Å². The van der Waals surface area contributed by atoms with E-state index in [1.807, 2.05) is 18.2 Å². The molecule has 0 unspecified atom stereocenters. The highest BCUT2D eigenvalue weighted by atomic mass is 35.5. The molecule has 0 radical (unpaired) electrons. The van der Waals surface area contributed by atoms with E-state index in [4.69, 9.17) is 11.6 Å². The third kappa shape index (κ3) is 4.24. The maximum absolute atomic E-state index is 13.3. The van der Waals surface area contributed by atoms with Crippen molar-refractivity contribution < 1.29 is 9.50 Å². The predicted octanol–water partition coefficient (Wildman–Crippen LogP) is 4.29. The Labute approximate surface area is 149 Å². The first-order valence-electron chi connectivity index (χ1n) is 7.54. The van der Waals surface area contributed by atoms with Crippen molar-refractivity contribution in [2.75, 3.05) is 5.32 Å². The Morgan fingerprint density at radius 3 is 2.68 bits per heavy atom. The van der Waals surface area contributed by atoms with E-state index in [0.717, 1.165) is 16.5 Å². The molecule has 25 heavy (non-hydrogen) atoms. The summed E-state index contributed by atoms with van der Waals surface area (Å²) in [6, 6.07) is 9.84. The van der Waals surface area contributed by atoms with Crippen LogP contribution in [0, 0.1) is 17.7 Å². The highest BCUT2D eigenvalue weighted by Crippen LogP contribution is 2.26. The minimum atomic E-state index is -1.08. The summed E-state index contributed by atoms with van der Waals surface area (Å²) in [7, 11) is 0. The summed E-state index contributed by atoms with van der Waals surface area (Å²) in [5, 5.41) is 13.6. The molecule has 0 bridgehead atoms. The summed E-state index contributed by atoms with van der Waals surface area (Å²) in [5.41, 5.74) is 0.997. The second-order valence-corrected chi connectivity index (χ2v) is 6.42. The largest absolute Gasteiger partial charge is 0.378 e. The van der Waals surface area contributed by atoms with Crippen LogP contribution in [-0.4, -0.2) is 20.7 Å². The van der Waals surface area contributed by atoms with Gasteiger partial charge in [-0.15, -0.1) is 0 Å². The van der Waals surface area contributed by atoms with Gasteiger partial charge in [0.15, 0.2) is 0 Å². The number of nitrogens with zero attached hydrogens (tertiary/aromatic N) is 2. The van der Waals surface area contributed by atoms with Crippen molar-refractivity contribution in [1.29, 1.82) is 0 Å². The normalized spacial score (nSPS) is 11.1. The van der Waals surface area contributed by atoms with Crippen LogP contribution in [0.1, 0.15) is 19.4 Å². The zero-order chi connectivity index (χ0) is 18.0. The van der Waals surface area contributed by atoms with Gasteiger partial charge in [-0.3, -0.25) is 0 Å². The van der Waals surface area contributed by atoms with E-state index >= 15 is 0 Å². The molecule has 0 aliphatic carbocycles. The maximum Gasteiger partial charge on any atom is 0.141 e. The molecule has 0 aliphatic heterocycles. The predicted molar refractivity (Wildman–Crippen MR) is 97.4 cm³/mol. The quantitative estimate of drug-likeness (QED) is 0.673. The number of fused-ring (bicyclic) bond motifs is 1. The van der Waals surface area contributed by atoms with E-state index in [1.165, 1.54) is 18.5 Å². The SMILES string of the molecule is CC(C)(O)C#Cc1ccc2ncnc(Nc3ccc(F)c(Cl)c3)c2c1. The number of benzene rings is 2. The van der Waals surface area contributed by atoms with Crippen LogP contribution in [0.5, 0.6) is 0 Å². The lowest BCUT2D eigenvalue weighted by atomic mass is 10.1. The van der Waals surface area contributed by atoms with E-state index in [2.05, 4.69) is 27.1 Å². The lowest BCUT2D eigenvalue weighted by Gasteiger charge is -2.09. The molecule has 3 rings (SSSR count). The van der Waals surface area contributed by atoms with Gasteiger partial charge in [0, 0.05) is 16.6 Å². The van der Waals surface area contributed by atoms with E-state index in [1.54, 1.807) is 19.9 Å². The molecule has 0 aliphatic rings. The van der Waals surface area contributed by atoms with Crippen LogP contribution in [0.2, 0.25) is 5.02 Å². The lowest BCUT2D eigenvalue weighted by molar-refractivity contribution is 0.143. The van der Waals surface area contributed by atoms with Gasteiger partial charge in [-0.2, -0.15) is 0 Å². The second kappa shape index (κ2) is 6.67. The monoisotopic (exact) mass is 355 g/mol. The fraction of sp³-hybridized carbons (Fsp3) is 0.158. The van der Waals surface area contributed by atoms with Crippen molar-refractivity contribution in [2.24, 2.45) is 0 Å². The number of rotatable bonds is 2. The first kappa shape index (κ1) is 17.2. The molecule has 0 atom stereocenters. The Bertz CT molecular complexity index is 1000. The Morgan fingerprint density at radius 2 is 1.96 bits per heavy atom. The van der Waals surface area contributed by atoms with E-state index in [9.17, 15) is 9.50 Å². The van der Waals surface area contributed by atoms with Gasteiger partial charge in [0.2, 0.25) is 0 Å².